The van der Waals surface area contributed by atoms with E-state index in [9.17, 15) is 9.59 Å². The first kappa shape index (κ1) is 22.1. The number of benzene rings is 1. The molecule has 1 aliphatic rings. The van der Waals surface area contributed by atoms with Gasteiger partial charge in [0.15, 0.2) is 0 Å². The molecule has 1 aromatic rings. The van der Waals surface area contributed by atoms with Crippen LogP contribution in [0.3, 0.4) is 0 Å². The topological polar surface area (TPSA) is 78.7 Å². The van der Waals surface area contributed by atoms with Crippen molar-refractivity contribution in [3.63, 3.8) is 0 Å². The second-order valence-corrected chi connectivity index (χ2v) is 6.74. The molecule has 0 spiro atoms. The van der Waals surface area contributed by atoms with Crippen molar-refractivity contribution < 1.29 is 37.9 Å². The van der Waals surface area contributed by atoms with Crippen LogP contribution in [0.2, 0.25) is 0 Å². The van der Waals surface area contributed by atoms with Crippen molar-refractivity contribution in [1.29, 1.82) is 0 Å². The van der Waals surface area contributed by atoms with Crippen LogP contribution >= 0.6 is 0 Å². The van der Waals surface area contributed by atoms with E-state index < -0.39 is 11.7 Å². The van der Waals surface area contributed by atoms with Crippen molar-refractivity contribution >= 4 is 23.4 Å². The predicted octanol–water partition coefficient (Wildman–Crippen LogP) is 1.29. The van der Waals surface area contributed by atoms with Gasteiger partial charge in [-0.25, -0.2) is 4.79 Å². The van der Waals surface area contributed by atoms with Crippen molar-refractivity contribution in [3.05, 3.63) is 40.7 Å². The van der Waals surface area contributed by atoms with Gasteiger partial charge in [0.2, 0.25) is 6.09 Å². The zero-order valence-corrected chi connectivity index (χ0v) is 16.2. The summed E-state index contributed by atoms with van der Waals surface area (Å²) in [6.45, 7) is 8.33. The fraction of sp³-hybridized carbons (Fsp3) is 0.474. The Morgan fingerprint density at radius 2 is 1.85 bits per heavy atom. The molecule has 1 aliphatic heterocycles. The molecule has 136 valence electrons. The van der Waals surface area contributed by atoms with Crippen molar-refractivity contribution in [2.45, 2.75) is 46.1 Å². The largest absolute Gasteiger partial charge is 1.00 e. The minimum atomic E-state index is -0.623. The van der Waals surface area contributed by atoms with E-state index in [4.69, 9.17) is 9.47 Å². The Hall–Kier alpha value is -1.90. The maximum atomic E-state index is 12.1. The molecule has 0 atom stereocenters. The Bertz CT molecular complexity index is 663. The van der Waals surface area contributed by atoms with E-state index in [1.165, 1.54) is 0 Å². The molecule has 0 aromatic heterocycles. The molecule has 26 heavy (non-hydrogen) atoms. The second-order valence-electron chi connectivity index (χ2n) is 6.74. The van der Waals surface area contributed by atoms with Crippen LogP contribution in [0.25, 0.3) is 11.0 Å². The molecular weight excluding hydrogens is 327 g/mol. The molecule has 1 heterocycles. The van der Waals surface area contributed by atoms with Gasteiger partial charge in [-0.3, -0.25) is 4.79 Å². The van der Waals surface area contributed by atoms with E-state index in [0.29, 0.717) is 24.3 Å². The van der Waals surface area contributed by atoms with Crippen molar-refractivity contribution in [1.82, 2.24) is 5.32 Å². The van der Waals surface area contributed by atoms with E-state index in [-0.39, 0.29) is 24.8 Å². The van der Waals surface area contributed by atoms with Gasteiger partial charge in [-0.1, -0.05) is 24.3 Å². The van der Waals surface area contributed by atoms with Crippen LogP contribution in [-0.4, -0.2) is 30.8 Å². The molecule has 0 fully saturated rings. The molecule has 6 nitrogen and oxygen atoms in total. The van der Waals surface area contributed by atoms with E-state index in [1.54, 1.807) is 39.8 Å². The quantitative estimate of drug-likeness (QED) is 0.653. The number of amides is 1. The summed E-state index contributed by atoms with van der Waals surface area (Å²) in [5, 5.41) is 7.20. The Morgan fingerprint density at radius 1 is 1.19 bits per heavy atom. The maximum absolute atomic E-state index is 12.1. The average molecular weight is 352 g/mol. The third kappa shape index (κ3) is 6.43. The molecule has 1 aromatic carbocycles. The molecular formula is C19H25LiN2O4. The number of hydrogen-bond acceptors (Lipinski definition) is 5. The number of esters is 1. The SMILES string of the molecule is CCOC(=O)C1=C(c2ccc([N-]C(=O)OC(C)(C)C)cc2)NCCC1.[Li+]. The third-order valence-corrected chi connectivity index (χ3v) is 3.50. The summed E-state index contributed by atoms with van der Waals surface area (Å²) in [7, 11) is 0. The van der Waals surface area contributed by atoms with E-state index in [2.05, 4.69) is 10.6 Å². The van der Waals surface area contributed by atoms with Gasteiger partial charge in [0.25, 0.3) is 0 Å². The normalized spacial score (nSPS) is 14.0. The van der Waals surface area contributed by atoms with Crippen molar-refractivity contribution in [2.24, 2.45) is 0 Å². The number of carbonyl (C=O) groups is 2. The summed E-state index contributed by atoms with van der Waals surface area (Å²) in [5.41, 5.74) is 2.24. The van der Waals surface area contributed by atoms with Gasteiger partial charge in [0, 0.05) is 6.54 Å². The van der Waals surface area contributed by atoms with Crippen LogP contribution in [0.4, 0.5) is 10.5 Å². The second kappa shape index (κ2) is 9.70. The van der Waals surface area contributed by atoms with Gasteiger partial charge >= 0.3 is 24.8 Å². The van der Waals surface area contributed by atoms with Crippen LogP contribution < -0.4 is 24.2 Å². The fourth-order valence-corrected chi connectivity index (χ4v) is 2.50. The zero-order chi connectivity index (χ0) is 18.4. The van der Waals surface area contributed by atoms with Crippen molar-refractivity contribution in [2.75, 3.05) is 13.2 Å². The number of hydrogen-bond donors (Lipinski definition) is 1. The standard InChI is InChI=1S/C19H26N2O4.Li/c1-5-24-17(22)15-7-6-12-20-16(15)13-8-10-14(11-9-13)21-18(23)25-19(2,3)4;/h8-11H,5-7,12H2,1-4H3,(H2,20,21,22,23);/q;+1/p-1. The number of ether oxygens (including phenoxy) is 2. The molecule has 0 saturated carbocycles. The first-order chi connectivity index (χ1) is 11.8. The van der Waals surface area contributed by atoms with Gasteiger partial charge in [-0.05, 0) is 46.1 Å². The minimum Gasteiger partial charge on any atom is -0.591 e. The van der Waals surface area contributed by atoms with Gasteiger partial charge in [0.05, 0.1) is 17.9 Å². The molecule has 0 aliphatic carbocycles. The zero-order valence-electron chi connectivity index (χ0n) is 16.2. The van der Waals surface area contributed by atoms with Crippen LogP contribution in [-0.2, 0) is 14.3 Å². The summed E-state index contributed by atoms with van der Waals surface area (Å²) in [6, 6.07) is 7.11. The number of nitrogens with zero attached hydrogens (tertiary/aromatic N) is 1. The minimum absolute atomic E-state index is 0. The smallest absolute Gasteiger partial charge is 0.591 e. The summed E-state index contributed by atoms with van der Waals surface area (Å²) < 4.78 is 10.3. The molecule has 0 radical (unpaired) electrons. The van der Waals surface area contributed by atoms with Crippen LogP contribution in [0, 0.1) is 0 Å². The van der Waals surface area contributed by atoms with E-state index in [1.807, 2.05) is 12.1 Å². The Labute approximate surface area is 166 Å². The van der Waals surface area contributed by atoms with Gasteiger partial charge in [0.1, 0.15) is 5.60 Å². The van der Waals surface area contributed by atoms with Gasteiger partial charge in [-0.15, -0.1) is 5.69 Å². The molecule has 1 N–H and O–H groups in total. The van der Waals surface area contributed by atoms with E-state index >= 15 is 0 Å². The van der Waals surface area contributed by atoms with Crippen LogP contribution in [0.1, 0.15) is 46.1 Å². The molecule has 2 rings (SSSR count). The summed E-state index contributed by atoms with van der Waals surface area (Å²) in [4.78, 5) is 23.9. The Kier molecular flexibility index (Phi) is 8.26. The summed E-state index contributed by atoms with van der Waals surface area (Å²) in [5.74, 6) is -0.285. The third-order valence-electron chi connectivity index (χ3n) is 3.50. The van der Waals surface area contributed by atoms with Crippen LogP contribution in [0.5, 0.6) is 0 Å². The first-order valence-electron chi connectivity index (χ1n) is 8.49. The first-order valence-corrected chi connectivity index (χ1v) is 8.49. The molecule has 7 heteroatoms. The maximum Gasteiger partial charge on any atom is 1.00 e. The fourth-order valence-electron chi connectivity index (χ4n) is 2.50. The van der Waals surface area contributed by atoms with Crippen LogP contribution in [0.15, 0.2) is 29.8 Å². The number of nitrogens with one attached hydrogen (secondary N) is 1. The monoisotopic (exact) mass is 352 g/mol. The number of carbonyl (C=O) groups excluding carboxylic acids is 2. The molecule has 0 saturated heterocycles. The Morgan fingerprint density at radius 3 is 2.42 bits per heavy atom. The Balaban J connectivity index is 0.00000338. The van der Waals surface area contributed by atoms with Gasteiger partial charge < -0.3 is 20.1 Å². The summed E-state index contributed by atoms with van der Waals surface area (Å²) >= 11 is 0. The van der Waals surface area contributed by atoms with Crippen molar-refractivity contribution in [3.8, 4) is 0 Å². The average Bonchev–Trinajstić information content (AvgIpc) is 2.54. The van der Waals surface area contributed by atoms with Gasteiger partial charge in [-0.2, -0.15) is 0 Å². The number of rotatable bonds is 4. The molecule has 0 bridgehead atoms. The summed E-state index contributed by atoms with van der Waals surface area (Å²) in [6.07, 6.45) is 0.956. The molecule has 0 unspecified atom stereocenters. The van der Waals surface area contributed by atoms with E-state index in [0.717, 1.165) is 24.2 Å². The predicted molar refractivity (Wildman–Crippen MR) is 96.5 cm³/mol. The molecule has 1 amide bonds.